The molecule has 0 spiro atoms. The van der Waals surface area contributed by atoms with Gasteiger partial charge < -0.3 is 14.5 Å². The van der Waals surface area contributed by atoms with E-state index in [1.165, 1.54) is 10.9 Å². The van der Waals surface area contributed by atoms with E-state index in [1.54, 1.807) is 14.2 Å². The molecule has 6 atom stereocenters. The number of nitrogens with zero attached hydrogens (tertiary/aromatic N) is 1. The summed E-state index contributed by atoms with van der Waals surface area (Å²) in [5.74, 6) is 2.48. The van der Waals surface area contributed by atoms with Crippen LogP contribution in [0.15, 0.2) is 18.2 Å². The minimum Gasteiger partial charge on any atom is -0.497 e. The third-order valence-corrected chi connectivity index (χ3v) is 8.01. The Morgan fingerprint density at radius 3 is 2.89 bits per heavy atom. The first kappa shape index (κ1) is 18.0. The van der Waals surface area contributed by atoms with E-state index in [9.17, 15) is 4.79 Å². The van der Waals surface area contributed by atoms with Gasteiger partial charge in [0.05, 0.1) is 14.2 Å². The second-order valence-electron chi connectivity index (χ2n) is 8.94. The maximum Gasteiger partial charge on any atom is 0.319 e. The number of esters is 1. The summed E-state index contributed by atoms with van der Waals surface area (Å²) in [5, 5.41) is 1.18. The number of piperidine rings is 2. The van der Waals surface area contributed by atoms with Crippen LogP contribution in [0.2, 0.25) is 0 Å². The first-order valence-electron chi connectivity index (χ1n) is 10.6. The molecular weight excluding hydrogens is 352 g/mol. The van der Waals surface area contributed by atoms with Crippen LogP contribution in [0, 0.1) is 17.8 Å². The summed E-state index contributed by atoms with van der Waals surface area (Å²) in [6.07, 6.45) is 2.94. The molecule has 1 aromatic heterocycles. The molecular formula is C23H30N2O3. The van der Waals surface area contributed by atoms with E-state index in [0.717, 1.165) is 49.3 Å². The fourth-order valence-corrected chi connectivity index (χ4v) is 6.76. The van der Waals surface area contributed by atoms with Crippen molar-refractivity contribution >= 4 is 16.9 Å². The number of methoxy groups -OCH3 is 2. The molecule has 1 aliphatic carbocycles. The van der Waals surface area contributed by atoms with E-state index in [0.29, 0.717) is 17.8 Å². The number of hydrogen-bond donors (Lipinski definition) is 1. The van der Waals surface area contributed by atoms with Gasteiger partial charge in [0.2, 0.25) is 0 Å². The van der Waals surface area contributed by atoms with Crippen molar-refractivity contribution < 1.29 is 14.3 Å². The number of hydrogen-bond acceptors (Lipinski definition) is 4. The fourth-order valence-electron chi connectivity index (χ4n) is 6.76. The predicted octanol–water partition coefficient (Wildman–Crippen LogP) is 3.51. The predicted molar refractivity (Wildman–Crippen MR) is 109 cm³/mol. The number of benzene rings is 1. The monoisotopic (exact) mass is 382 g/mol. The van der Waals surface area contributed by atoms with Crippen LogP contribution in [0.3, 0.4) is 0 Å². The summed E-state index contributed by atoms with van der Waals surface area (Å²) in [7, 11) is 3.25. The Balaban J connectivity index is 1.79. The zero-order chi connectivity index (χ0) is 19.6. The molecule has 4 bridgehead atoms. The topological polar surface area (TPSA) is 54.6 Å². The number of rotatable bonds is 3. The van der Waals surface area contributed by atoms with Crippen LogP contribution >= 0.6 is 0 Å². The molecule has 6 rings (SSSR count). The van der Waals surface area contributed by atoms with Crippen molar-refractivity contribution in [2.75, 3.05) is 27.3 Å². The first-order valence-corrected chi connectivity index (χ1v) is 10.6. The molecule has 4 heterocycles. The van der Waals surface area contributed by atoms with Gasteiger partial charge in [0.25, 0.3) is 0 Å². The summed E-state index contributed by atoms with van der Waals surface area (Å²) in [6.45, 7) is 6.77. The molecule has 5 heteroatoms. The van der Waals surface area contributed by atoms with Crippen LogP contribution in [0.5, 0.6) is 5.75 Å². The highest BCUT2D eigenvalue weighted by Crippen LogP contribution is 2.57. The summed E-state index contributed by atoms with van der Waals surface area (Å²) in [6, 6.07) is 6.38. The van der Waals surface area contributed by atoms with Gasteiger partial charge >= 0.3 is 5.97 Å². The van der Waals surface area contributed by atoms with Crippen molar-refractivity contribution in [3.63, 3.8) is 0 Å². The van der Waals surface area contributed by atoms with E-state index >= 15 is 0 Å². The van der Waals surface area contributed by atoms with Crippen molar-refractivity contribution in [3.05, 3.63) is 29.5 Å². The highest BCUT2D eigenvalue weighted by Gasteiger charge is 2.64. The lowest BCUT2D eigenvalue weighted by molar-refractivity contribution is -0.167. The second-order valence-corrected chi connectivity index (χ2v) is 8.94. The Bertz CT molecular complexity index is 935. The molecule has 2 saturated heterocycles. The zero-order valence-corrected chi connectivity index (χ0v) is 17.2. The third kappa shape index (κ3) is 2.14. The fraction of sp³-hybridized carbons (Fsp3) is 0.609. The van der Waals surface area contributed by atoms with E-state index in [1.807, 2.05) is 6.07 Å². The van der Waals surface area contributed by atoms with Crippen LogP contribution in [0.1, 0.15) is 37.9 Å². The zero-order valence-electron chi connectivity index (χ0n) is 17.2. The molecule has 3 fully saturated rings. The van der Waals surface area contributed by atoms with Gasteiger partial charge in [0.15, 0.2) is 0 Å². The Morgan fingerprint density at radius 2 is 2.18 bits per heavy atom. The molecule has 1 saturated carbocycles. The van der Waals surface area contributed by atoms with Gasteiger partial charge in [-0.1, -0.05) is 20.3 Å². The summed E-state index contributed by atoms with van der Waals surface area (Å²) < 4.78 is 11.0. The minimum absolute atomic E-state index is 0.0702. The Labute approximate surface area is 166 Å². The number of aromatic nitrogens is 1. The number of carbonyl (C=O) groups is 1. The van der Waals surface area contributed by atoms with Crippen LogP contribution < -0.4 is 4.74 Å². The molecule has 150 valence electrons. The lowest BCUT2D eigenvalue weighted by atomic mass is 9.53. The van der Waals surface area contributed by atoms with Crippen LogP contribution in [0.4, 0.5) is 0 Å². The smallest absolute Gasteiger partial charge is 0.319 e. The average molecular weight is 383 g/mol. The molecule has 4 aliphatic rings. The maximum absolute atomic E-state index is 13.5. The molecule has 2 aromatic rings. The molecule has 0 radical (unpaired) electrons. The largest absolute Gasteiger partial charge is 0.497 e. The van der Waals surface area contributed by atoms with Crippen molar-refractivity contribution in [1.29, 1.82) is 0 Å². The van der Waals surface area contributed by atoms with Crippen molar-refractivity contribution in [3.8, 4) is 5.75 Å². The van der Waals surface area contributed by atoms with Gasteiger partial charge in [-0.25, -0.2) is 0 Å². The molecule has 1 N–H and O–H groups in total. The third-order valence-electron chi connectivity index (χ3n) is 8.01. The molecule has 3 unspecified atom stereocenters. The summed E-state index contributed by atoms with van der Waals surface area (Å²) in [4.78, 5) is 19.8. The lowest BCUT2D eigenvalue weighted by Gasteiger charge is -2.60. The Kier molecular flexibility index (Phi) is 4.02. The Hall–Kier alpha value is -2.01. The second kappa shape index (κ2) is 6.24. The van der Waals surface area contributed by atoms with E-state index < -0.39 is 5.41 Å². The number of fused-ring (bicyclic) bond motifs is 4. The number of nitrogens with one attached hydrogen (secondary N) is 1. The highest BCUT2D eigenvalue weighted by atomic mass is 16.5. The lowest BCUT2D eigenvalue weighted by Crippen LogP contribution is -2.69. The molecule has 28 heavy (non-hydrogen) atoms. The molecule has 1 aromatic carbocycles. The van der Waals surface area contributed by atoms with Crippen molar-refractivity contribution in [2.24, 2.45) is 17.8 Å². The van der Waals surface area contributed by atoms with Crippen LogP contribution in [0.25, 0.3) is 10.9 Å². The van der Waals surface area contributed by atoms with Gasteiger partial charge in [-0.3, -0.25) is 9.69 Å². The number of carbonyl (C=O) groups excluding carboxylic acids is 1. The number of aromatic amines is 1. The first-order chi connectivity index (χ1) is 13.5. The SMILES string of the molecule is CC[C@@H]1C2N3CCc4c([nH]c5ccc(OC)cc45)[C@]2(C(=O)OC)CC(C3)[C@@H]1C. The summed E-state index contributed by atoms with van der Waals surface area (Å²) in [5.41, 5.74) is 2.87. The molecule has 5 nitrogen and oxygen atoms in total. The Morgan fingerprint density at radius 1 is 1.36 bits per heavy atom. The van der Waals surface area contributed by atoms with Gasteiger partial charge in [0, 0.05) is 35.7 Å². The standard InChI is InChI=1S/C23H30N2O3/c1-5-16-13(2)14-11-23(22(26)28-4)20-17(8-9-25(12-14)21(16)23)18-10-15(27-3)6-7-19(18)24-20/h6-7,10,13-14,16,21,24H,5,8-9,11-12H2,1-4H3/t13-,14?,16-,21?,23+/m0/s1. The molecule has 0 amide bonds. The van der Waals surface area contributed by atoms with Crippen molar-refractivity contribution in [1.82, 2.24) is 9.88 Å². The minimum atomic E-state index is -0.594. The van der Waals surface area contributed by atoms with Crippen LogP contribution in [-0.2, 0) is 21.4 Å². The van der Waals surface area contributed by atoms with Crippen LogP contribution in [-0.4, -0.2) is 49.2 Å². The van der Waals surface area contributed by atoms with Gasteiger partial charge in [-0.05, 0) is 54.4 Å². The quantitative estimate of drug-likeness (QED) is 0.826. The average Bonchev–Trinajstić information content (AvgIpc) is 3.06. The number of ether oxygens (including phenoxy) is 2. The van der Waals surface area contributed by atoms with Gasteiger partial charge in [-0.2, -0.15) is 0 Å². The van der Waals surface area contributed by atoms with Gasteiger partial charge in [0.1, 0.15) is 11.2 Å². The van der Waals surface area contributed by atoms with E-state index in [-0.39, 0.29) is 12.0 Å². The summed E-state index contributed by atoms with van der Waals surface area (Å²) >= 11 is 0. The van der Waals surface area contributed by atoms with Crippen molar-refractivity contribution in [2.45, 2.75) is 44.6 Å². The van der Waals surface area contributed by atoms with E-state index in [2.05, 4.69) is 35.9 Å². The highest BCUT2D eigenvalue weighted by molar-refractivity contribution is 5.92. The van der Waals surface area contributed by atoms with E-state index in [4.69, 9.17) is 9.47 Å². The normalized spacial score (nSPS) is 36.1. The van der Waals surface area contributed by atoms with Gasteiger partial charge in [-0.15, -0.1) is 0 Å². The number of H-pyrrole nitrogens is 1. The maximum atomic E-state index is 13.5. The molecule has 3 aliphatic heterocycles.